The van der Waals surface area contributed by atoms with Crippen LogP contribution in [0.25, 0.3) is 0 Å². The fraction of sp³-hybridized carbons (Fsp3) is 0. The number of hydrogen-bond donors (Lipinski definition) is 2. The summed E-state index contributed by atoms with van der Waals surface area (Å²) < 4.78 is 0. The van der Waals surface area contributed by atoms with Crippen molar-refractivity contribution in [1.82, 2.24) is 0 Å². The molecule has 0 aliphatic carbocycles. The molecule has 0 atom stereocenters. The highest BCUT2D eigenvalue weighted by atomic mass is 35.5. The molecule has 0 aliphatic heterocycles. The number of nitrogen functional groups attached to an aromatic ring is 2. The molecular formula is C12H11ClN4. The fourth-order valence-electron chi connectivity index (χ4n) is 1.25. The van der Waals surface area contributed by atoms with E-state index in [2.05, 4.69) is 10.2 Å². The van der Waals surface area contributed by atoms with Crippen molar-refractivity contribution in [3.8, 4) is 0 Å². The molecule has 0 saturated heterocycles. The molecule has 0 fully saturated rings. The normalized spacial score (nSPS) is 10.9. The largest absolute Gasteiger partial charge is 0.399 e. The number of hydrogen-bond acceptors (Lipinski definition) is 4. The second-order valence-electron chi connectivity index (χ2n) is 3.50. The van der Waals surface area contributed by atoms with Crippen molar-refractivity contribution in [2.45, 2.75) is 0 Å². The quantitative estimate of drug-likeness (QED) is 0.622. The lowest BCUT2D eigenvalue weighted by molar-refractivity contribution is 1.23. The Bertz CT molecular complexity index is 549. The molecule has 2 aromatic rings. The Morgan fingerprint density at radius 1 is 0.824 bits per heavy atom. The Labute approximate surface area is 104 Å². The zero-order valence-electron chi connectivity index (χ0n) is 8.97. The number of anilines is 2. The molecule has 2 rings (SSSR count). The maximum atomic E-state index is 5.80. The number of benzene rings is 2. The van der Waals surface area contributed by atoms with E-state index in [9.17, 15) is 0 Å². The molecule has 4 nitrogen and oxygen atoms in total. The first-order chi connectivity index (χ1) is 8.15. The lowest BCUT2D eigenvalue weighted by Crippen LogP contribution is -1.84. The number of halogens is 1. The monoisotopic (exact) mass is 246 g/mol. The van der Waals surface area contributed by atoms with E-state index in [0.29, 0.717) is 22.1 Å². The van der Waals surface area contributed by atoms with Gasteiger partial charge >= 0.3 is 0 Å². The van der Waals surface area contributed by atoms with Gasteiger partial charge in [0.05, 0.1) is 22.1 Å². The summed E-state index contributed by atoms with van der Waals surface area (Å²) >= 11 is 5.80. The standard InChI is InChI=1S/C12H11ClN4/c13-11-6-5-10(7-12(11)15)17-16-9-3-1-8(14)2-4-9/h1-7H,14-15H2. The molecule has 0 aliphatic rings. The van der Waals surface area contributed by atoms with Crippen molar-refractivity contribution in [3.63, 3.8) is 0 Å². The van der Waals surface area contributed by atoms with Gasteiger partial charge in [-0.25, -0.2) is 0 Å². The van der Waals surface area contributed by atoms with Crippen molar-refractivity contribution >= 4 is 34.4 Å². The minimum atomic E-state index is 0.487. The van der Waals surface area contributed by atoms with E-state index in [1.54, 1.807) is 42.5 Å². The van der Waals surface area contributed by atoms with E-state index in [0.717, 1.165) is 5.69 Å². The van der Waals surface area contributed by atoms with Gasteiger partial charge in [-0.2, -0.15) is 10.2 Å². The van der Waals surface area contributed by atoms with Gasteiger partial charge in [0.2, 0.25) is 0 Å². The molecule has 86 valence electrons. The number of rotatable bonds is 2. The van der Waals surface area contributed by atoms with Crippen molar-refractivity contribution in [2.24, 2.45) is 10.2 Å². The summed E-state index contributed by atoms with van der Waals surface area (Å²) in [7, 11) is 0. The molecule has 0 saturated carbocycles. The van der Waals surface area contributed by atoms with Gasteiger partial charge in [0.1, 0.15) is 0 Å². The minimum Gasteiger partial charge on any atom is -0.399 e. The molecule has 0 spiro atoms. The highest BCUT2D eigenvalue weighted by molar-refractivity contribution is 6.33. The molecule has 0 bridgehead atoms. The first kappa shape index (κ1) is 11.4. The molecule has 0 radical (unpaired) electrons. The first-order valence-electron chi connectivity index (χ1n) is 4.97. The number of nitrogens with two attached hydrogens (primary N) is 2. The molecule has 4 N–H and O–H groups in total. The van der Waals surface area contributed by atoms with Gasteiger partial charge in [-0.3, -0.25) is 0 Å². The Balaban J connectivity index is 2.20. The highest BCUT2D eigenvalue weighted by Crippen LogP contribution is 2.25. The summed E-state index contributed by atoms with van der Waals surface area (Å²) in [5, 5.41) is 8.62. The highest BCUT2D eigenvalue weighted by Gasteiger charge is 1.97. The lowest BCUT2D eigenvalue weighted by Gasteiger charge is -1.98. The first-order valence-corrected chi connectivity index (χ1v) is 5.35. The van der Waals surface area contributed by atoms with Gasteiger partial charge in [0.25, 0.3) is 0 Å². The molecular weight excluding hydrogens is 236 g/mol. The predicted molar refractivity (Wildman–Crippen MR) is 70.9 cm³/mol. The molecule has 0 unspecified atom stereocenters. The molecule has 0 aromatic heterocycles. The second kappa shape index (κ2) is 4.84. The van der Waals surface area contributed by atoms with Crippen molar-refractivity contribution in [3.05, 3.63) is 47.5 Å². The van der Waals surface area contributed by atoms with Crippen LogP contribution in [-0.2, 0) is 0 Å². The van der Waals surface area contributed by atoms with E-state index in [4.69, 9.17) is 23.1 Å². The van der Waals surface area contributed by atoms with Crippen molar-refractivity contribution in [2.75, 3.05) is 11.5 Å². The van der Waals surface area contributed by atoms with Gasteiger partial charge in [0.15, 0.2) is 0 Å². The molecule has 2 aromatic carbocycles. The van der Waals surface area contributed by atoms with E-state index < -0.39 is 0 Å². The summed E-state index contributed by atoms with van der Waals surface area (Å²) in [4.78, 5) is 0. The van der Waals surface area contributed by atoms with Crippen LogP contribution in [0.1, 0.15) is 0 Å². The summed E-state index contributed by atoms with van der Waals surface area (Å²) in [6.45, 7) is 0. The van der Waals surface area contributed by atoms with E-state index in [1.165, 1.54) is 0 Å². The number of azo groups is 1. The topological polar surface area (TPSA) is 76.8 Å². The van der Waals surface area contributed by atoms with Crippen LogP contribution in [0, 0.1) is 0 Å². The van der Waals surface area contributed by atoms with Crippen molar-refractivity contribution in [1.29, 1.82) is 0 Å². The smallest absolute Gasteiger partial charge is 0.0878 e. The number of nitrogens with zero attached hydrogens (tertiary/aromatic N) is 2. The lowest BCUT2D eigenvalue weighted by atomic mass is 10.3. The van der Waals surface area contributed by atoms with Crippen LogP contribution in [0.2, 0.25) is 5.02 Å². The average Bonchev–Trinajstić information content (AvgIpc) is 2.33. The van der Waals surface area contributed by atoms with Gasteiger partial charge in [0, 0.05) is 5.69 Å². The van der Waals surface area contributed by atoms with E-state index >= 15 is 0 Å². The molecule has 5 heteroatoms. The van der Waals surface area contributed by atoms with Gasteiger partial charge in [-0.15, -0.1) is 0 Å². The van der Waals surface area contributed by atoms with Gasteiger partial charge in [-0.1, -0.05) is 11.6 Å². The van der Waals surface area contributed by atoms with Crippen LogP contribution in [0.5, 0.6) is 0 Å². The summed E-state index contributed by atoms with van der Waals surface area (Å²) in [5.41, 5.74) is 13.8. The Morgan fingerprint density at radius 3 is 2.06 bits per heavy atom. The molecule has 0 heterocycles. The summed E-state index contributed by atoms with van der Waals surface area (Å²) in [5.74, 6) is 0. The predicted octanol–water partition coefficient (Wildman–Crippen LogP) is 3.92. The van der Waals surface area contributed by atoms with E-state index in [-0.39, 0.29) is 0 Å². The maximum Gasteiger partial charge on any atom is 0.0878 e. The van der Waals surface area contributed by atoms with Crippen LogP contribution in [0.4, 0.5) is 22.7 Å². The van der Waals surface area contributed by atoms with Gasteiger partial charge in [-0.05, 0) is 42.5 Å². The van der Waals surface area contributed by atoms with Crippen molar-refractivity contribution < 1.29 is 0 Å². The molecule has 17 heavy (non-hydrogen) atoms. The van der Waals surface area contributed by atoms with Crippen LogP contribution in [0.3, 0.4) is 0 Å². The van der Waals surface area contributed by atoms with Crippen LogP contribution >= 0.6 is 11.6 Å². The second-order valence-corrected chi connectivity index (χ2v) is 3.90. The Kier molecular flexibility index (Phi) is 3.25. The van der Waals surface area contributed by atoms with E-state index in [1.807, 2.05) is 0 Å². The third-order valence-electron chi connectivity index (χ3n) is 2.15. The average molecular weight is 247 g/mol. The zero-order chi connectivity index (χ0) is 12.3. The zero-order valence-corrected chi connectivity index (χ0v) is 9.72. The van der Waals surface area contributed by atoms with Crippen LogP contribution in [-0.4, -0.2) is 0 Å². The Morgan fingerprint density at radius 2 is 1.41 bits per heavy atom. The summed E-state index contributed by atoms with van der Waals surface area (Å²) in [6.07, 6.45) is 0. The fourth-order valence-corrected chi connectivity index (χ4v) is 1.37. The van der Waals surface area contributed by atoms with Crippen LogP contribution in [0.15, 0.2) is 52.7 Å². The summed E-state index contributed by atoms with van der Waals surface area (Å²) in [6, 6.07) is 12.2. The minimum absolute atomic E-state index is 0.487. The Hall–Kier alpha value is -2.07. The van der Waals surface area contributed by atoms with Crippen LogP contribution < -0.4 is 11.5 Å². The van der Waals surface area contributed by atoms with Gasteiger partial charge < -0.3 is 11.5 Å². The third kappa shape index (κ3) is 2.95. The SMILES string of the molecule is Nc1ccc(N=Nc2ccc(Cl)c(N)c2)cc1. The maximum absolute atomic E-state index is 5.80. The molecule has 0 amide bonds. The third-order valence-corrected chi connectivity index (χ3v) is 2.50.